The monoisotopic (exact) mass is 184 g/mol. The second-order valence-electron chi connectivity index (χ2n) is 5.38. The quantitative estimate of drug-likeness (QED) is 0.680. The van der Waals surface area contributed by atoms with E-state index in [-0.39, 0.29) is 5.41 Å². The highest BCUT2D eigenvalue weighted by atomic mass is 16.4. The molecule has 0 atom stereocenters. The average molecular weight is 184 g/mol. The Morgan fingerprint density at radius 2 is 1.46 bits per heavy atom. The molecule has 2 heteroatoms. The van der Waals surface area contributed by atoms with Gasteiger partial charge in [0.15, 0.2) is 0 Å². The van der Waals surface area contributed by atoms with E-state index in [9.17, 15) is 4.79 Å². The van der Waals surface area contributed by atoms with Gasteiger partial charge in [-0.1, -0.05) is 20.3 Å². The lowest BCUT2D eigenvalue weighted by molar-refractivity contribution is -0.142. The fourth-order valence-electron chi connectivity index (χ4n) is 1.29. The van der Waals surface area contributed by atoms with E-state index >= 15 is 0 Å². The zero-order valence-corrected chi connectivity index (χ0v) is 8.89. The lowest BCUT2D eigenvalue weighted by atomic mass is 9.72. The van der Waals surface area contributed by atoms with Crippen LogP contribution in [0.25, 0.3) is 0 Å². The lowest BCUT2D eigenvalue weighted by Crippen LogP contribution is -2.20. The Labute approximate surface area is 80.3 Å². The molecule has 0 aromatic carbocycles. The molecule has 2 aliphatic carbocycles. The number of hydrogen-bond acceptors (Lipinski definition) is 1. The van der Waals surface area contributed by atoms with Gasteiger partial charge in [0.1, 0.15) is 0 Å². The molecule has 0 aromatic heterocycles. The van der Waals surface area contributed by atoms with E-state index in [1.165, 1.54) is 19.3 Å². The molecule has 2 rings (SSSR count). The summed E-state index contributed by atoms with van der Waals surface area (Å²) >= 11 is 0. The molecule has 1 N–H and O–H groups in total. The van der Waals surface area contributed by atoms with Crippen LogP contribution < -0.4 is 0 Å². The van der Waals surface area contributed by atoms with Gasteiger partial charge >= 0.3 is 5.97 Å². The second kappa shape index (κ2) is 3.32. The molecule has 0 amide bonds. The van der Waals surface area contributed by atoms with E-state index in [1.54, 1.807) is 6.92 Å². The summed E-state index contributed by atoms with van der Waals surface area (Å²) in [6.07, 6.45) is 6.09. The smallest absolute Gasteiger partial charge is 0.309 e. The molecule has 0 bridgehead atoms. The first kappa shape index (κ1) is 10.6. The van der Waals surface area contributed by atoms with Crippen LogP contribution in [0, 0.1) is 10.8 Å². The standard InChI is InChI=1S/C6H12.C5H8O2/c1-6(2)4-3-5-6;1-5(2-3-5)4(6)7/h3-5H2,1-2H3;2-3H2,1H3,(H,6,7). The summed E-state index contributed by atoms with van der Waals surface area (Å²) in [4.78, 5) is 10.1. The number of carbonyl (C=O) groups is 1. The Bertz CT molecular complexity index is 196. The van der Waals surface area contributed by atoms with Crippen LogP contribution in [0.1, 0.15) is 52.9 Å². The number of rotatable bonds is 1. The number of hydrogen-bond donors (Lipinski definition) is 1. The lowest BCUT2D eigenvalue weighted by Gasteiger charge is -2.33. The van der Waals surface area contributed by atoms with Crippen LogP contribution in [0.3, 0.4) is 0 Å². The van der Waals surface area contributed by atoms with Gasteiger partial charge in [0.05, 0.1) is 5.41 Å². The van der Waals surface area contributed by atoms with Crippen molar-refractivity contribution in [3.05, 3.63) is 0 Å². The van der Waals surface area contributed by atoms with Crippen molar-refractivity contribution < 1.29 is 9.90 Å². The van der Waals surface area contributed by atoms with Gasteiger partial charge in [-0.25, -0.2) is 0 Å². The highest BCUT2D eigenvalue weighted by molar-refractivity contribution is 5.77. The Hall–Kier alpha value is -0.530. The van der Waals surface area contributed by atoms with Crippen LogP contribution in [0.15, 0.2) is 0 Å². The van der Waals surface area contributed by atoms with Crippen molar-refractivity contribution in [3.8, 4) is 0 Å². The number of aliphatic carboxylic acids is 1. The highest BCUT2D eigenvalue weighted by Crippen LogP contribution is 2.44. The maximum Gasteiger partial charge on any atom is 0.309 e. The highest BCUT2D eigenvalue weighted by Gasteiger charge is 2.44. The van der Waals surface area contributed by atoms with Gasteiger partial charge in [-0.2, -0.15) is 0 Å². The van der Waals surface area contributed by atoms with Crippen LogP contribution in [-0.2, 0) is 4.79 Å². The van der Waals surface area contributed by atoms with E-state index in [0.717, 1.165) is 18.3 Å². The van der Waals surface area contributed by atoms with Crippen molar-refractivity contribution in [1.82, 2.24) is 0 Å². The van der Waals surface area contributed by atoms with Gasteiger partial charge in [0.25, 0.3) is 0 Å². The van der Waals surface area contributed by atoms with Crippen LogP contribution in [0.4, 0.5) is 0 Å². The van der Waals surface area contributed by atoms with Gasteiger partial charge in [0, 0.05) is 0 Å². The van der Waals surface area contributed by atoms with Crippen molar-refractivity contribution >= 4 is 5.97 Å². The SMILES string of the molecule is CC1(C(=O)O)CC1.CC1(C)CCC1. The van der Waals surface area contributed by atoms with Gasteiger partial charge in [-0.15, -0.1) is 0 Å². The first-order chi connectivity index (χ1) is 5.86. The predicted octanol–water partition coefficient (Wildman–Crippen LogP) is 3.07. The van der Waals surface area contributed by atoms with Crippen molar-refractivity contribution in [3.63, 3.8) is 0 Å². The minimum Gasteiger partial charge on any atom is -0.481 e. The zero-order chi connectivity index (χ0) is 10.1. The van der Waals surface area contributed by atoms with Crippen LogP contribution in [0.5, 0.6) is 0 Å². The Balaban J connectivity index is 0.000000132. The minimum absolute atomic E-state index is 0.333. The van der Waals surface area contributed by atoms with E-state index < -0.39 is 5.97 Å². The third-order valence-corrected chi connectivity index (χ3v) is 3.22. The molecule has 0 spiro atoms. The van der Waals surface area contributed by atoms with Crippen LogP contribution in [-0.4, -0.2) is 11.1 Å². The predicted molar refractivity (Wildman–Crippen MR) is 52.6 cm³/mol. The fraction of sp³-hybridized carbons (Fsp3) is 0.909. The third kappa shape index (κ3) is 3.02. The maximum atomic E-state index is 10.1. The fourth-order valence-corrected chi connectivity index (χ4v) is 1.29. The summed E-state index contributed by atoms with van der Waals surface area (Å²) in [6.45, 7) is 6.43. The summed E-state index contributed by atoms with van der Waals surface area (Å²) in [6, 6.07) is 0. The topological polar surface area (TPSA) is 37.3 Å². The normalized spacial score (nSPS) is 26.4. The molecule has 0 radical (unpaired) electrons. The van der Waals surface area contributed by atoms with Crippen molar-refractivity contribution in [1.29, 1.82) is 0 Å². The largest absolute Gasteiger partial charge is 0.481 e. The molecule has 0 saturated heterocycles. The molecular weight excluding hydrogens is 164 g/mol. The number of carboxylic acids is 1. The van der Waals surface area contributed by atoms with Gasteiger partial charge < -0.3 is 5.11 Å². The van der Waals surface area contributed by atoms with E-state index in [4.69, 9.17) is 5.11 Å². The maximum absolute atomic E-state index is 10.1. The van der Waals surface area contributed by atoms with Crippen molar-refractivity contribution in [2.45, 2.75) is 52.9 Å². The Morgan fingerprint density at radius 3 is 1.46 bits per heavy atom. The molecule has 0 unspecified atom stereocenters. The molecule has 2 nitrogen and oxygen atoms in total. The molecule has 0 aromatic rings. The summed E-state index contributed by atoms with van der Waals surface area (Å²) in [5.74, 6) is -0.646. The first-order valence-electron chi connectivity index (χ1n) is 5.09. The molecular formula is C11H20O2. The Kier molecular flexibility index (Phi) is 2.69. The van der Waals surface area contributed by atoms with Gasteiger partial charge in [-0.3, -0.25) is 4.79 Å². The van der Waals surface area contributed by atoms with Crippen molar-refractivity contribution in [2.75, 3.05) is 0 Å². The summed E-state index contributed by atoms with van der Waals surface area (Å²) in [7, 11) is 0. The van der Waals surface area contributed by atoms with Gasteiger partial charge in [0.2, 0.25) is 0 Å². The average Bonchev–Trinajstić information content (AvgIpc) is 2.68. The molecule has 76 valence electrons. The van der Waals surface area contributed by atoms with E-state index in [0.29, 0.717) is 0 Å². The van der Waals surface area contributed by atoms with Crippen LogP contribution in [0.2, 0.25) is 0 Å². The summed E-state index contributed by atoms with van der Waals surface area (Å²) in [5.41, 5.74) is 0.389. The number of carboxylic acid groups (broad SMARTS) is 1. The minimum atomic E-state index is -0.646. The molecule has 0 heterocycles. The van der Waals surface area contributed by atoms with E-state index in [2.05, 4.69) is 13.8 Å². The summed E-state index contributed by atoms with van der Waals surface area (Å²) < 4.78 is 0. The Morgan fingerprint density at radius 1 is 1.08 bits per heavy atom. The first-order valence-corrected chi connectivity index (χ1v) is 5.09. The molecule has 0 aliphatic heterocycles. The summed E-state index contributed by atoms with van der Waals surface area (Å²) in [5, 5.41) is 8.31. The zero-order valence-electron chi connectivity index (χ0n) is 8.89. The second-order valence-corrected chi connectivity index (χ2v) is 5.38. The molecule has 2 fully saturated rings. The molecule has 2 saturated carbocycles. The van der Waals surface area contributed by atoms with Crippen molar-refractivity contribution in [2.24, 2.45) is 10.8 Å². The van der Waals surface area contributed by atoms with E-state index in [1.807, 2.05) is 0 Å². The van der Waals surface area contributed by atoms with Gasteiger partial charge in [-0.05, 0) is 38.0 Å². The third-order valence-electron chi connectivity index (χ3n) is 3.22. The molecule has 13 heavy (non-hydrogen) atoms. The molecule has 2 aliphatic rings. The van der Waals surface area contributed by atoms with Crippen LogP contribution >= 0.6 is 0 Å².